The van der Waals surface area contributed by atoms with E-state index >= 15 is 0 Å². The molecule has 5 nitrogen and oxygen atoms in total. The van der Waals surface area contributed by atoms with Gasteiger partial charge in [-0.15, -0.1) is 0 Å². The van der Waals surface area contributed by atoms with Crippen LogP contribution in [0.15, 0.2) is 35.1 Å². The van der Waals surface area contributed by atoms with Gasteiger partial charge in [0.05, 0.1) is 0 Å². The van der Waals surface area contributed by atoms with Crippen LogP contribution in [0.2, 0.25) is 0 Å². The van der Waals surface area contributed by atoms with Gasteiger partial charge in [0.1, 0.15) is 11.4 Å². The Bertz CT molecular complexity index is 729. The Kier molecular flexibility index (Phi) is 2.19. The van der Waals surface area contributed by atoms with E-state index in [-0.39, 0.29) is 11.5 Å². The number of aromatic nitrogens is 4. The van der Waals surface area contributed by atoms with E-state index in [1.54, 1.807) is 0 Å². The molecule has 0 bridgehead atoms. The molecule has 2 aliphatic rings. The number of benzene rings is 1. The summed E-state index contributed by atoms with van der Waals surface area (Å²) in [5, 5.41) is 6.25. The maximum absolute atomic E-state index is 13.6. The molecule has 0 spiro atoms. The summed E-state index contributed by atoms with van der Waals surface area (Å²) in [5.41, 5.74) is -0.509. The van der Waals surface area contributed by atoms with E-state index in [1.807, 2.05) is 0 Å². The van der Waals surface area contributed by atoms with Crippen LogP contribution in [-0.4, -0.2) is 20.0 Å². The van der Waals surface area contributed by atoms with Gasteiger partial charge < -0.3 is 0 Å². The third kappa shape index (κ3) is 1.48. The third-order valence-electron chi connectivity index (χ3n) is 2.47. The molecule has 0 unspecified atom stereocenters. The Labute approximate surface area is 99.0 Å². The predicted octanol–water partition coefficient (Wildman–Crippen LogP) is 1.34. The number of hydrogen-bond donors (Lipinski definition) is 1. The van der Waals surface area contributed by atoms with Crippen LogP contribution in [0.1, 0.15) is 0 Å². The van der Waals surface area contributed by atoms with Gasteiger partial charge in [-0.1, -0.05) is 6.07 Å². The lowest BCUT2D eigenvalue weighted by molar-refractivity contribution is 0.556. The molecule has 1 aromatic carbocycles. The SMILES string of the molecule is O=c1ccc2n[nH]n(-c3c(F)cccc3F)c-2n1. The minimum absolute atomic E-state index is 0.0755. The smallest absolute Gasteiger partial charge is 0.267 e. The second kappa shape index (κ2) is 3.73. The van der Waals surface area contributed by atoms with Crippen LogP contribution >= 0.6 is 0 Å². The highest BCUT2D eigenvalue weighted by Crippen LogP contribution is 2.22. The molecular weight excluding hydrogens is 242 g/mol. The molecule has 90 valence electrons. The lowest BCUT2D eigenvalue weighted by Gasteiger charge is -2.06. The lowest BCUT2D eigenvalue weighted by atomic mass is 10.2. The summed E-state index contributed by atoms with van der Waals surface area (Å²) in [6.45, 7) is 0. The Hall–Kier alpha value is -2.57. The summed E-state index contributed by atoms with van der Waals surface area (Å²) >= 11 is 0. The number of nitrogens with one attached hydrogen (secondary N) is 1. The predicted molar refractivity (Wildman–Crippen MR) is 58.5 cm³/mol. The first-order valence-corrected chi connectivity index (χ1v) is 5.05. The van der Waals surface area contributed by atoms with Crippen molar-refractivity contribution < 1.29 is 8.78 Å². The molecule has 0 amide bonds. The number of H-pyrrole nitrogens is 1. The van der Waals surface area contributed by atoms with Gasteiger partial charge in [0, 0.05) is 6.07 Å². The largest absolute Gasteiger partial charge is 0.271 e. The van der Waals surface area contributed by atoms with Gasteiger partial charge in [-0.2, -0.15) is 10.1 Å². The molecule has 2 heterocycles. The summed E-state index contributed by atoms with van der Waals surface area (Å²) in [6, 6.07) is 6.12. The standard InChI is InChI=1S/C11H6F2N4O/c12-6-2-1-3-7(13)10(6)17-11-8(15-16-17)4-5-9(18)14-11/h1-5,16H. The summed E-state index contributed by atoms with van der Waals surface area (Å²) in [4.78, 5) is 14.9. The van der Waals surface area contributed by atoms with Crippen LogP contribution in [0.25, 0.3) is 17.2 Å². The fourth-order valence-corrected chi connectivity index (χ4v) is 1.69. The van der Waals surface area contributed by atoms with Gasteiger partial charge in [0.2, 0.25) is 0 Å². The minimum atomic E-state index is -0.774. The first-order chi connectivity index (χ1) is 8.66. The van der Waals surface area contributed by atoms with Crippen LogP contribution in [-0.2, 0) is 0 Å². The summed E-state index contributed by atoms with van der Waals surface area (Å²) in [5.74, 6) is -1.47. The number of rotatable bonds is 1. The second-order valence-corrected chi connectivity index (χ2v) is 3.61. The minimum Gasteiger partial charge on any atom is -0.267 e. The topological polar surface area (TPSA) is 63.6 Å². The molecule has 0 fully saturated rings. The molecule has 0 aliphatic carbocycles. The zero-order valence-corrected chi connectivity index (χ0v) is 8.89. The van der Waals surface area contributed by atoms with Crippen LogP contribution in [0.3, 0.4) is 0 Å². The Morgan fingerprint density at radius 3 is 2.56 bits per heavy atom. The van der Waals surface area contributed by atoms with Crippen molar-refractivity contribution in [2.45, 2.75) is 0 Å². The maximum atomic E-state index is 13.6. The molecular formula is C11H6F2N4O. The summed E-state index contributed by atoms with van der Waals surface area (Å²) in [7, 11) is 0. The number of para-hydroxylation sites is 1. The molecule has 0 saturated carbocycles. The number of fused-ring (bicyclic) bond motifs is 1. The van der Waals surface area contributed by atoms with Crippen molar-refractivity contribution >= 4 is 0 Å². The van der Waals surface area contributed by atoms with Crippen molar-refractivity contribution in [3.05, 3.63) is 52.3 Å². The van der Waals surface area contributed by atoms with Gasteiger partial charge >= 0.3 is 0 Å². The van der Waals surface area contributed by atoms with E-state index in [1.165, 1.54) is 18.2 Å². The van der Waals surface area contributed by atoms with E-state index in [0.717, 1.165) is 16.8 Å². The van der Waals surface area contributed by atoms with Gasteiger partial charge in [-0.3, -0.25) is 4.79 Å². The molecule has 18 heavy (non-hydrogen) atoms. The van der Waals surface area contributed by atoms with Gasteiger partial charge in [0.15, 0.2) is 17.5 Å². The highest BCUT2D eigenvalue weighted by molar-refractivity contribution is 5.53. The van der Waals surface area contributed by atoms with Gasteiger partial charge in [0.25, 0.3) is 5.56 Å². The summed E-state index contributed by atoms with van der Waals surface area (Å²) in [6.07, 6.45) is 0. The van der Waals surface area contributed by atoms with Gasteiger partial charge in [-0.05, 0) is 18.2 Å². The number of nitrogens with zero attached hydrogens (tertiary/aromatic N) is 3. The van der Waals surface area contributed by atoms with Crippen molar-refractivity contribution in [2.75, 3.05) is 0 Å². The average Bonchev–Trinajstić information content (AvgIpc) is 2.72. The van der Waals surface area contributed by atoms with Crippen LogP contribution in [0.5, 0.6) is 0 Å². The van der Waals surface area contributed by atoms with Gasteiger partial charge in [-0.25, -0.2) is 18.7 Å². The number of aromatic amines is 1. The zero-order valence-electron chi connectivity index (χ0n) is 8.89. The monoisotopic (exact) mass is 248 g/mol. The van der Waals surface area contributed by atoms with Crippen molar-refractivity contribution in [1.29, 1.82) is 0 Å². The van der Waals surface area contributed by atoms with Crippen molar-refractivity contribution in [3.63, 3.8) is 0 Å². The highest BCUT2D eigenvalue weighted by atomic mass is 19.1. The molecule has 0 atom stereocenters. The molecule has 1 aromatic rings. The molecule has 0 radical (unpaired) electrons. The molecule has 7 heteroatoms. The van der Waals surface area contributed by atoms with E-state index in [0.29, 0.717) is 5.69 Å². The quantitative estimate of drug-likeness (QED) is 0.706. The normalized spacial score (nSPS) is 11.0. The van der Waals surface area contributed by atoms with E-state index in [4.69, 9.17) is 0 Å². The van der Waals surface area contributed by atoms with Crippen LogP contribution in [0.4, 0.5) is 8.78 Å². The Morgan fingerprint density at radius 1 is 1.11 bits per heavy atom. The molecule has 2 aliphatic heterocycles. The maximum Gasteiger partial charge on any atom is 0.271 e. The fraction of sp³-hybridized carbons (Fsp3) is 0. The van der Waals surface area contributed by atoms with E-state index in [9.17, 15) is 13.6 Å². The molecule has 0 saturated heterocycles. The second-order valence-electron chi connectivity index (χ2n) is 3.61. The van der Waals surface area contributed by atoms with Crippen molar-refractivity contribution in [3.8, 4) is 17.2 Å². The lowest BCUT2D eigenvalue weighted by Crippen LogP contribution is -2.11. The number of halogens is 2. The third-order valence-corrected chi connectivity index (χ3v) is 2.47. The molecule has 0 aromatic heterocycles. The first-order valence-electron chi connectivity index (χ1n) is 5.05. The van der Waals surface area contributed by atoms with Crippen LogP contribution < -0.4 is 5.56 Å². The number of hydrogen-bond acceptors (Lipinski definition) is 3. The average molecular weight is 248 g/mol. The van der Waals surface area contributed by atoms with E-state index in [2.05, 4.69) is 15.3 Å². The van der Waals surface area contributed by atoms with Crippen molar-refractivity contribution in [1.82, 2.24) is 20.0 Å². The van der Waals surface area contributed by atoms with Crippen molar-refractivity contribution in [2.24, 2.45) is 0 Å². The Balaban J connectivity index is 2.33. The fourth-order valence-electron chi connectivity index (χ4n) is 1.69. The van der Waals surface area contributed by atoms with Crippen LogP contribution in [0, 0.1) is 11.6 Å². The molecule has 3 rings (SSSR count). The zero-order chi connectivity index (χ0) is 12.7. The number of pyridine rings is 1. The Morgan fingerprint density at radius 2 is 1.83 bits per heavy atom. The summed E-state index contributed by atoms with van der Waals surface area (Å²) < 4.78 is 28.3. The molecule has 1 N–H and O–H groups in total. The highest BCUT2D eigenvalue weighted by Gasteiger charge is 2.19. The first kappa shape index (κ1) is 10.6. The van der Waals surface area contributed by atoms with E-state index < -0.39 is 17.2 Å².